The van der Waals surface area contributed by atoms with Crippen molar-refractivity contribution in [1.82, 2.24) is 16.1 Å². The second-order valence-electron chi connectivity index (χ2n) is 4.60. The summed E-state index contributed by atoms with van der Waals surface area (Å²) in [5.41, 5.74) is 4.49. The smallest absolute Gasteiger partial charge is 0.323 e. The molecule has 0 saturated carbocycles. The van der Waals surface area contributed by atoms with E-state index in [9.17, 15) is 9.90 Å². The Hall–Kier alpha value is -2.16. The predicted octanol–water partition coefficient (Wildman–Crippen LogP) is 1.13. The van der Waals surface area contributed by atoms with Gasteiger partial charge in [0.1, 0.15) is 5.71 Å². The number of benzene rings is 1. The highest BCUT2D eigenvalue weighted by Gasteiger charge is 2.25. The molecule has 2 aliphatic rings. The van der Waals surface area contributed by atoms with E-state index in [1.54, 1.807) is 12.2 Å². The van der Waals surface area contributed by atoms with Crippen molar-refractivity contribution in [3.63, 3.8) is 0 Å². The van der Waals surface area contributed by atoms with Gasteiger partial charge in [-0.2, -0.15) is 5.10 Å². The number of carbonyl (C=O) groups is 1. The lowest BCUT2D eigenvalue weighted by Crippen LogP contribution is -2.43. The minimum atomic E-state index is -1.16. The number of aliphatic hydroxyl groups is 1. The molecule has 114 valence electrons. The number of allylic oxidation sites excluding steroid dienone is 1. The standard InChI is InChI=1S/C14H13BrN4O3/c15-9-3-1-8(2-4-9)12-13(20)22-11(18-19-12)7-10-5-6-16-14(21)17-10/h1-7,11,13,18,20H,(H2,16,17,21)/b10-7-. The zero-order chi connectivity index (χ0) is 15.5. The van der Waals surface area contributed by atoms with Gasteiger partial charge in [-0.3, -0.25) is 5.43 Å². The zero-order valence-corrected chi connectivity index (χ0v) is 12.9. The number of amides is 2. The molecule has 0 fully saturated rings. The van der Waals surface area contributed by atoms with Crippen molar-refractivity contribution in [2.45, 2.75) is 12.5 Å². The first kappa shape index (κ1) is 14.8. The number of aliphatic hydroxyl groups excluding tert-OH is 1. The number of hydrazone groups is 1. The van der Waals surface area contributed by atoms with Gasteiger partial charge in [-0.1, -0.05) is 28.1 Å². The summed E-state index contributed by atoms with van der Waals surface area (Å²) in [7, 11) is 0. The van der Waals surface area contributed by atoms with E-state index in [0.717, 1.165) is 10.0 Å². The summed E-state index contributed by atoms with van der Waals surface area (Å²) >= 11 is 3.35. The van der Waals surface area contributed by atoms with E-state index in [0.29, 0.717) is 11.4 Å². The fourth-order valence-electron chi connectivity index (χ4n) is 2.00. The molecule has 0 radical (unpaired) electrons. The lowest BCUT2D eigenvalue weighted by molar-refractivity contribution is -0.0948. The highest BCUT2D eigenvalue weighted by atomic mass is 79.9. The molecule has 2 amide bonds. The van der Waals surface area contributed by atoms with E-state index in [2.05, 4.69) is 37.1 Å². The van der Waals surface area contributed by atoms with Gasteiger partial charge < -0.3 is 20.5 Å². The molecule has 0 bridgehead atoms. The normalized spacial score (nSPS) is 26.0. The Kier molecular flexibility index (Phi) is 4.23. The number of urea groups is 1. The van der Waals surface area contributed by atoms with Crippen LogP contribution in [0.4, 0.5) is 4.79 Å². The van der Waals surface area contributed by atoms with E-state index in [1.165, 1.54) is 6.20 Å². The summed E-state index contributed by atoms with van der Waals surface area (Å²) in [6, 6.07) is 7.03. The lowest BCUT2D eigenvalue weighted by Gasteiger charge is -2.26. The van der Waals surface area contributed by atoms with Crippen LogP contribution in [0.1, 0.15) is 5.56 Å². The average molecular weight is 365 g/mol. The topological polar surface area (TPSA) is 95.0 Å². The van der Waals surface area contributed by atoms with Gasteiger partial charge in [0.05, 0.1) is 0 Å². The number of halogens is 1. The highest BCUT2D eigenvalue weighted by Crippen LogP contribution is 2.16. The van der Waals surface area contributed by atoms with E-state index in [-0.39, 0.29) is 6.03 Å². The quantitative estimate of drug-likeness (QED) is 0.632. The Labute approximate surface area is 134 Å². The van der Waals surface area contributed by atoms with Crippen LogP contribution in [0, 0.1) is 0 Å². The van der Waals surface area contributed by atoms with Crippen molar-refractivity contribution in [3.05, 3.63) is 58.4 Å². The minimum absolute atomic E-state index is 0.329. The summed E-state index contributed by atoms with van der Waals surface area (Å²) in [5.74, 6) is 0. The molecular weight excluding hydrogens is 352 g/mol. The van der Waals surface area contributed by atoms with Gasteiger partial charge in [0, 0.05) is 21.9 Å². The van der Waals surface area contributed by atoms with Gasteiger partial charge in [0.15, 0.2) is 6.23 Å². The van der Waals surface area contributed by atoms with Gasteiger partial charge in [0.2, 0.25) is 6.29 Å². The number of nitrogens with one attached hydrogen (secondary N) is 3. The van der Waals surface area contributed by atoms with E-state index in [1.807, 2.05) is 24.3 Å². The van der Waals surface area contributed by atoms with Crippen molar-refractivity contribution in [2.24, 2.45) is 5.10 Å². The van der Waals surface area contributed by atoms with Gasteiger partial charge in [-0.05, 0) is 24.3 Å². The van der Waals surface area contributed by atoms with Crippen LogP contribution in [0.3, 0.4) is 0 Å². The molecule has 7 nitrogen and oxygen atoms in total. The van der Waals surface area contributed by atoms with Crippen LogP contribution in [-0.4, -0.2) is 29.4 Å². The first-order chi connectivity index (χ1) is 10.6. The summed E-state index contributed by atoms with van der Waals surface area (Å²) < 4.78 is 6.38. The van der Waals surface area contributed by atoms with Crippen LogP contribution >= 0.6 is 15.9 Å². The number of rotatable bonds is 2. The van der Waals surface area contributed by atoms with Crippen LogP contribution in [0.5, 0.6) is 0 Å². The monoisotopic (exact) mass is 364 g/mol. The molecule has 0 saturated heterocycles. The Morgan fingerprint density at radius 2 is 2.09 bits per heavy atom. The summed E-state index contributed by atoms with van der Waals surface area (Å²) in [6.45, 7) is 0. The van der Waals surface area contributed by atoms with Gasteiger partial charge in [-0.25, -0.2) is 4.79 Å². The summed E-state index contributed by atoms with van der Waals surface area (Å²) in [5, 5.41) is 19.3. The van der Waals surface area contributed by atoms with Crippen molar-refractivity contribution in [2.75, 3.05) is 0 Å². The third-order valence-corrected chi connectivity index (χ3v) is 3.56. The average Bonchev–Trinajstić information content (AvgIpc) is 2.49. The van der Waals surface area contributed by atoms with Crippen LogP contribution in [0.15, 0.2) is 57.9 Å². The molecule has 4 N–H and O–H groups in total. The number of ether oxygens (including phenoxy) is 1. The molecule has 1 aromatic carbocycles. The maximum absolute atomic E-state index is 11.2. The van der Waals surface area contributed by atoms with E-state index >= 15 is 0 Å². The fraction of sp³-hybridized carbons (Fsp3) is 0.143. The van der Waals surface area contributed by atoms with Crippen molar-refractivity contribution < 1.29 is 14.6 Å². The molecular formula is C14H13BrN4O3. The third kappa shape index (κ3) is 3.35. The first-order valence-corrected chi connectivity index (χ1v) is 7.29. The third-order valence-electron chi connectivity index (χ3n) is 3.03. The Balaban J connectivity index is 1.74. The molecule has 0 aromatic heterocycles. The first-order valence-electron chi connectivity index (χ1n) is 6.50. The van der Waals surface area contributed by atoms with Crippen molar-refractivity contribution >= 4 is 27.7 Å². The van der Waals surface area contributed by atoms with Crippen LogP contribution in [0.2, 0.25) is 0 Å². The molecule has 2 aliphatic heterocycles. The van der Waals surface area contributed by atoms with Gasteiger partial charge in [0.25, 0.3) is 0 Å². The van der Waals surface area contributed by atoms with Gasteiger partial charge >= 0.3 is 6.03 Å². The van der Waals surface area contributed by atoms with Crippen LogP contribution < -0.4 is 16.1 Å². The number of nitrogens with zero attached hydrogens (tertiary/aromatic N) is 1. The Morgan fingerprint density at radius 1 is 1.32 bits per heavy atom. The molecule has 2 atom stereocenters. The minimum Gasteiger partial charge on any atom is -0.363 e. The molecule has 22 heavy (non-hydrogen) atoms. The SMILES string of the molecule is O=C1NC=C/C(=C/C2NN=C(c3ccc(Br)cc3)C(O)O2)N1. The Bertz CT molecular complexity index is 669. The summed E-state index contributed by atoms with van der Waals surface area (Å²) in [4.78, 5) is 11.2. The molecule has 2 heterocycles. The van der Waals surface area contributed by atoms with E-state index in [4.69, 9.17) is 4.74 Å². The number of hydrogen-bond donors (Lipinski definition) is 4. The molecule has 2 unspecified atom stereocenters. The molecule has 3 rings (SSSR count). The molecule has 8 heteroatoms. The second-order valence-corrected chi connectivity index (χ2v) is 5.51. The summed E-state index contributed by atoms with van der Waals surface area (Å²) in [6.07, 6.45) is 2.99. The molecule has 1 aromatic rings. The van der Waals surface area contributed by atoms with Gasteiger partial charge in [-0.15, -0.1) is 0 Å². The van der Waals surface area contributed by atoms with E-state index < -0.39 is 12.5 Å². The fourth-order valence-corrected chi connectivity index (χ4v) is 2.27. The molecule has 0 aliphatic carbocycles. The largest absolute Gasteiger partial charge is 0.363 e. The number of carbonyl (C=O) groups excluding carboxylic acids is 1. The highest BCUT2D eigenvalue weighted by molar-refractivity contribution is 9.10. The van der Waals surface area contributed by atoms with Crippen molar-refractivity contribution in [1.29, 1.82) is 0 Å². The van der Waals surface area contributed by atoms with Crippen LogP contribution in [0.25, 0.3) is 0 Å². The molecule has 0 spiro atoms. The maximum Gasteiger partial charge on any atom is 0.323 e. The zero-order valence-electron chi connectivity index (χ0n) is 11.3. The lowest BCUT2D eigenvalue weighted by atomic mass is 10.1. The van der Waals surface area contributed by atoms with Crippen molar-refractivity contribution in [3.8, 4) is 0 Å². The number of hydrogen-bond acceptors (Lipinski definition) is 5. The maximum atomic E-state index is 11.2. The van der Waals surface area contributed by atoms with Crippen LogP contribution in [-0.2, 0) is 4.74 Å². The predicted molar refractivity (Wildman–Crippen MR) is 83.6 cm³/mol. The second kappa shape index (κ2) is 6.30. The Morgan fingerprint density at radius 3 is 2.77 bits per heavy atom.